The molecule has 1 spiro atoms. The van der Waals surface area contributed by atoms with Crippen molar-refractivity contribution in [2.24, 2.45) is 11.8 Å². The number of carbonyl (C=O) groups excluding carboxylic acids is 1. The van der Waals surface area contributed by atoms with E-state index in [9.17, 15) is 4.79 Å². The zero-order chi connectivity index (χ0) is 23.7. The lowest BCUT2D eigenvalue weighted by Gasteiger charge is -2.46. The number of amides is 1. The number of aromatic nitrogens is 1. The summed E-state index contributed by atoms with van der Waals surface area (Å²) >= 11 is 1.78. The van der Waals surface area contributed by atoms with Crippen molar-refractivity contribution in [3.05, 3.63) is 46.5 Å². The van der Waals surface area contributed by atoms with Crippen molar-refractivity contribution in [3.8, 4) is 0 Å². The molecule has 6 heteroatoms. The van der Waals surface area contributed by atoms with Crippen LogP contribution in [0.2, 0.25) is 0 Å². The lowest BCUT2D eigenvalue weighted by Crippen LogP contribution is -2.54. The van der Waals surface area contributed by atoms with Crippen molar-refractivity contribution in [1.29, 1.82) is 0 Å². The molecule has 1 aromatic carbocycles. The van der Waals surface area contributed by atoms with Crippen molar-refractivity contribution in [3.63, 3.8) is 0 Å². The van der Waals surface area contributed by atoms with Gasteiger partial charge in [-0.3, -0.25) is 4.79 Å². The Kier molecular flexibility index (Phi) is 6.99. The fraction of sp³-hybridized carbons (Fsp3) is 0.643. The van der Waals surface area contributed by atoms with E-state index in [1.807, 2.05) is 7.05 Å². The Morgan fingerprint density at radius 3 is 2.82 bits per heavy atom. The summed E-state index contributed by atoms with van der Waals surface area (Å²) in [6, 6.07) is 11.3. The summed E-state index contributed by atoms with van der Waals surface area (Å²) in [6.07, 6.45) is 7.66. The van der Waals surface area contributed by atoms with E-state index in [4.69, 9.17) is 4.98 Å². The number of carbonyl (C=O) groups is 1. The summed E-state index contributed by atoms with van der Waals surface area (Å²) in [4.78, 5) is 23.0. The average Bonchev–Trinajstić information content (AvgIpc) is 3.50. The third kappa shape index (κ3) is 4.07. The van der Waals surface area contributed by atoms with Crippen LogP contribution in [0.1, 0.15) is 74.4 Å². The Labute approximate surface area is 208 Å². The van der Waals surface area contributed by atoms with E-state index in [0.717, 1.165) is 69.7 Å². The maximum Gasteiger partial charge on any atom is 0.228 e. The van der Waals surface area contributed by atoms with Crippen molar-refractivity contribution in [1.82, 2.24) is 15.2 Å². The van der Waals surface area contributed by atoms with Crippen LogP contribution in [0.15, 0.2) is 30.3 Å². The number of anilines is 1. The van der Waals surface area contributed by atoms with Gasteiger partial charge in [-0.05, 0) is 49.5 Å². The van der Waals surface area contributed by atoms with Crippen LogP contribution in [0.25, 0.3) is 0 Å². The van der Waals surface area contributed by atoms with Gasteiger partial charge in [-0.25, -0.2) is 4.98 Å². The smallest absolute Gasteiger partial charge is 0.228 e. The second-order valence-electron chi connectivity index (χ2n) is 10.5. The molecule has 1 aromatic heterocycles. The quantitative estimate of drug-likeness (QED) is 0.597. The molecule has 4 atom stereocenters. The highest BCUT2D eigenvalue weighted by molar-refractivity contribution is 7.15. The van der Waals surface area contributed by atoms with Gasteiger partial charge in [-0.15, -0.1) is 11.3 Å². The van der Waals surface area contributed by atoms with Gasteiger partial charge in [-0.2, -0.15) is 0 Å². The van der Waals surface area contributed by atoms with E-state index in [1.165, 1.54) is 16.1 Å². The van der Waals surface area contributed by atoms with E-state index in [1.54, 1.807) is 11.3 Å². The molecule has 3 aliphatic rings. The topological polar surface area (TPSA) is 57.3 Å². The van der Waals surface area contributed by atoms with Crippen LogP contribution in [-0.2, 0) is 16.6 Å². The highest BCUT2D eigenvalue weighted by Crippen LogP contribution is 2.49. The standard InChI is InChI=1S/C28H40N4OS/c1-4-19(5-2)24-16-21(20-10-7-6-8-11-20)13-15-32(24)26(33)22-17-30-18-28(22)14-9-12-23-25(28)34-27(29-3)31-23/h6-8,10-11,19,21-22,24,30H,4-5,9,12-18H2,1-3H3,(H,29,31)/t21-,22+,24?,28-/m1/s1. The number of nitrogens with one attached hydrogen (secondary N) is 2. The number of benzene rings is 1. The number of fused-ring (bicyclic) bond motifs is 2. The second kappa shape index (κ2) is 9.98. The molecule has 0 radical (unpaired) electrons. The van der Waals surface area contributed by atoms with Gasteiger partial charge in [0.15, 0.2) is 5.13 Å². The number of rotatable bonds is 6. The number of hydrogen-bond donors (Lipinski definition) is 2. The van der Waals surface area contributed by atoms with Crippen molar-refractivity contribution < 1.29 is 4.79 Å². The van der Waals surface area contributed by atoms with Gasteiger partial charge >= 0.3 is 0 Å². The number of piperidine rings is 1. The van der Waals surface area contributed by atoms with Gasteiger partial charge in [0.1, 0.15) is 0 Å². The number of aryl methyl sites for hydroxylation is 1. The van der Waals surface area contributed by atoms with Gasteiger partial charge < -0.3 is 15.5 Å². The van der Waals surface area contributed by atoms with Crippen LogP contribution in [0.5, 0.6) is 0 Å². The van der Waals surface area contributed by atoms with E-state index in [0.29, 0.717) is 23.8 Å². The minimum absolute atomic E-state index is 0.0156. The number of nitrogens with zero attached hydrogens (tertiary/aromatic N) is 2. The first-order chi connectivity index (χ1) is 16.6. The third-order valence-corrected chi connectivity index (χ3v) is 10.3. The van der Waals surface area contributed by atoms with Gasteiger partial charge in [0, 0.05) is 43.0 Å². The molecule has 2 N–H and O–H groups in total. The summed E-state index contributed by atoms with van der Waals surface area (Å²) in [7, 11) is 1.95. The summed E-state index contributed by atoms with van der Waals surface area (Å²) in [5.41, 5.74) is 2.57. The molecule has 1 unspecified atom stereocenters. The van der Waals surface area contributed by atoms with E-state index >= 15 is 0 Å². The van der Waals surface area contributed by atoms with Crippen LogP contribution >= 0.6 is 11.3 Å². The molecular formula is C28H40N4OS. The maximum atomic E-state index is 14.4. The number of hydrogen-bond acceptors (Lipinski definition) is 5. The minimum atomic E-state index is -0.0911. The van der Waals surface area contributed by atoms with Gasteiger partial charge in [-0.1, -0.05) is 57.0 Å². The molecule has 5 rings (SSSR count). The Bertz CT molecular complexity index is 988. The van der Waals surface area contributed by atoms with E-state index < -0.39 is 0 Å². The first-order valence-corrected chi connectivity index (χ1v) is 14.2. The van der Waals surface area contributed by atoms with Gasteiger partial charge in [0.25, 0.3) is 0 Å². The molecule has 1 aliphatic carbocycles. The highest BCUT2D eigenvalue weighted by atomic mass is 32.1. The number of thiazole rings is 1. The molecular weight excluding hydrogens is 440 g/mol. The van der Waals surface area contributed by atoms with Crippen molar-refractivity contribution in [2.45, 2.75) is 76.2 Å². The minimum Gasteiger partial charge on any atom is -0.365 e. The fourth-order valence-corrected chi connectivity index (χ4v) is 8.30. The van der Waals surface area contributed by atoms with Crippen LogP contribution in [-0.4, -0.2) is 48.5 Å². The SMILES string of the molecule is CCC(CC)C1C[C@H](c2ccccc2)CCN1C(=O)[C@@H]1CNC[C@]12CCCc1nc(NC)sc12. The van der Waals surface area contributed by atoms with Gasteiger partial charge in [0.05, 0.1) is 11.6 Å². The van der Waals surface area contributed by atoms with Crippen LogP contribution in [0.4, 0.5) is 5.13 Å². The lowest BCUT2D eigenvalue weighted by atomic mass is 9.68. The van der Waals surface area contributed by atoms with Gasteiger partial charge in [0.2, 0.25) is 5.91 Å². The molecule has 2 aliphatic heterocycles. The molecule has 34 heavy (non-hydrogen) atoms. The molecule has 0 saturated carbocycles. The zero-order valence-electron chi connectivity index (χ0n) is 21.0. The average molecular weight is 481 g/mol. The molecule has 2 saturated heterocycles. The molecule has 3 heterocycles. The summed E-state index contributed by atoms with van der Waals surface area (Å²) < 4.78 is 0. The Morgan fingerprint density at radius 1 is 1.29 bits per heavy atom. The maximum absolute atomic E-state index is 14.4. The largest absolute Gasteiger partial charge is 0.365 e. The van der Waals surface area contributed by atoms with E-state index in [2.05, 4.69) is 59.7 Å². The fourth-order valence-electron chi connectivity index (χ4n) is 7.06. The highest BCUT2D eigenvalue weighted by Gasteiger charge is 2.53. The second-order valence-corrected chi connectivity index (χ2v) is 11.5. The van der Waals surface area contributed by atoms with E-state index in [-0.39, 0.29) is 11.3 Å². The summed E-state index contributed by atoms with van der Waals surface area (Å²) in [5.74, 6) is 1.51. The van der Waals surface area contributed by atoms with Crippen LogP contribution in [0, 0.1) is 11.8 Å². The molecule has 2 aromatic rings. The molecule has 184 valence electrons. The molecule has 2 fully saturated rings. The Hall–Kier alpha value is -1.92. The normalized spacial score (nSPS) is 28.9. The summed E-state index contributed by atoms with van der Waals surface area (Å²) in [6.45, 7) is 7.16. The predicted molar refractivity (Wildman–Crippen MR) is 141 cm³/mol. The van der Waals surface area contributed by atoms with Crippen molar-refractivity contribution in [2.75, 3.05) is 32.0 Å². The Balaban J connectivity index is 1.44. The zero-order valence-corrected chi connectivity index (χ0v) is 21.8. The lowest BCUT2D eigenvalue weighted by molar-refractivity contribution is -0.142. The van der Waals surface area contributed by atoms with Crippen molar-refractivity contribution >= 4 is 22.4 Å². The Morgan fingerprint density at radius 2 is 2.09 bits per heavy atom. The monoisotopic (exact) mass is 480 g/mol. The van der Waals surface area contributed by atoms with Crippen LogP contribution in [0.3, 0.4) is 0 Å². The first kappa shape index (κ1) is 23.8. The predicted octanol–water partition coefficient (Wildman–Crippen LogP) is 5.19. The molecule has 5 nitrogen and oxygen atoms in total. The first-order valence-electron chi connectivity index (χ1n) is 13.3. The third-order valence-electron chi connectivity index (χ3n) is 8.95. The summed E-state index contributed by atoms with van der Waals surface area (Å²) in [5, 5.41) is 7.87. The number of likely N-dealkylation sites (tertiary alicyclic amines) is 1. The molecule has 0 bridgehead atoms. The molecule has 1 amide bonds. The van der Waals surface area contributed by atoms with Crippen LogP contribution < -0.4 is 10.6 Å².